The standard InChI is InChI=1S/C27H29N3O4S/c1-18-16-21(30(33)34)12-15-23(18)29-26(32)25(19-8-6-5-7-9-19)35-22-13-10-20(11-14-22)28-24(31)17-27(2,3)4/h5-16,25H,17H2,1-4H3,(H,28,31)(H,29,32). The first-order valence-electron chi connectivity index (χ1n) is 11.2. The summed E-state index contributed by atoms with van der Waals surface area (Å²) in [7, 11) is 0. The van der Waals surface area contributed by atoms with E-state index in [1.54, 1.807) is 13.0 Å². The van der Waals surface area contributed by atoms with Crippen LogP contribution in [0.5, 0.6) is 0 Å². The van der Waals surface area contributed by atoms with Gasteiger partial charge in [0.05, 0.1) is 4.92 Å². The van der Waals surface area contributed by atoms with Crippen molar-refractivity contribution < 1.29 is 14.5 Å². The Morgan fingerprint density at radius 2 is 1.63 bits per heavy atom. The van der Waals surface area contributed by atoms with E-state index >= 15 is 0 Å². The number of nitro groups is 1. The number of amides is 2. The molecule has 0 aromatic heterocycles. The second-order valence-electron chi connectivity index (χ2n) is 9.46. The number of nitrogens with zero attached hydrogens (tertiary/aromatic N) is 1. The largest absolute Gasteiger partial charge is 0.326 e. The summed E-state index contributed by atoms with van der Waals surface area (Å²) in [6, 6.07) is 21.2. The minimum atomic E-state index is -0.549. The predicted molar refractivity (Wildman–Crippen MR) is 141 cm³/mol. The fourth-order valence-corrected chi connectivity index (χ4v) is 4.47. The Balaban J connectivity index is 1.77. The van der Waals surface area contributed by atoms with E-state index < -0.39 is 10.2 Å². The number of thioether (sulfide) groups is 1. The van der Waals surface area contributed by atoms with Crippen LogP contribution in [0.2, 0.25) is 0 Å². The summed E-state index contributed by atoms with van der Waals surface area (Å²) in [5.74, 6) is -0.279. The van der Waals surface area contributed by atoms with Crippen molar-refractivity contribution in [2.45, 2.75) is 44.3 Å². The Kier molecular flexibility index (Phi) is 8.30. The van der Waals surface area contributed by atoms with Crippen LogP contribution < -0.4 is 10.6 Å². The molecule has 0 aliphatic carbocycles. The number of anilines is 2. The van der Waals surface area contributed by atoms with Crippen molar-refractivity contribution in [3.05, 3.63) is 94.0 Å². The minimum absolute atomic E-state index is 0.0239. The summed E-state index contributed by atoms with van der Waals surface area (Å²) < 4.78 is 0. The van der Waals surface area contributed by atoms with Gasteiger partial charge in [0, 0.05) is 34.8 Å². The van der Waals surface area contributed by atoms with Crippen molar-refractivity contribution in [2.75, 3.05) is 10.6 Å². The van der Waals surface area contributed by atoms with Gasteiger partial charge in [-0.1, -0.05) is 51.1 Å². The van der Waals surface area contributed by atoms with Crippen LogP contribution in [-0.4, -0.2) is 16.7 Å². The van der Waals surface area contributed by atoms with Crippen LogP contribution in [0.15, 0.2) is 77.7 Å². The van der Waals surface area contributed by atoms with Crippen molar-refractivity contribution >= 4 is 40.6 Å². The molecule has 7 nitrogen and oxygen atoms in total. The Labute approximate surface area is 209 Å². The third-order valence-corrected chi connectivity index (χ3v) is 6.37. The molecule has 0 aliphatic heterocycles. The number of aryl methyl sites for hydroxylation is 1. The maximum atomic E-state index is 13.3. The second kappa shape index (κ2) is 11.2. The highest BCUT2D eigenvalue weighted by Crippen LogP contribution is 2.37. The summed E-state index contributed by atoms with van der Waals surface area (Å²) in [6.45, 7) is 7.76. The quantitative estimate of drug-likeness (QED) is 0.206. The van der Waals surface area contributed by atoms with Gasteiger partial charge in [-0.25, -0.2) is 0 Å². The first kappa shape index (κ1) is 26.0. The van der Waals surface area contributed by atoms with E-state index in [4.69, 9.17) is 0 Å². The lowest BCUT2D eigenvalue weighted by Gasteiger charge is -2.19. The van der Waals surface area contributed by atoms with Crippen molar-refractivity contribution in [1.29, 1.82) is 0 Å². The number of carbonyl (C=O) groups excluding carboxylic acids is 2. The van der Waals surface area contributed by atoms with E-state index in [-0.39, 0.29) is 22.9 Å². The van der Waals surface area contributed by atoms with E-state index in [1.807, 2.05) is 75.4 Å². The summed E-state index contributed by atoms with van der Waals surface area (Å²) in [6.07, 6.45) is 0.418. The van der Waals surface area contributed by atoms with E-state index in [2.05, 4.69) is 10.6 Å². The average molecular weight is 492 g/mol. The zero-order chi connectivity index (χ0) is 25.6. The summed E-state index contributed by atoms with van der Waals surface area (Å²) in [5, 5.41) is 16.3. The number of benzene rings is 3. The Bertz CT molecular complexity index is 1210. The van der Waals surface area contributed by atoms with Crippen LogP contribution in [-0.2, 0) is 9.59 Å². The van der Waals surface area contributed by atoms with Gasteiger partial charge < -0.3 is 10.6 Å². The van der Waals surface area contributed by atoms with Gasteiger partial charge in [0.15, 0.2) is 0 Å². The first-order valence-corrected chi connectivity index (χ1v) is 12.1. The average Bonchev–Trinajstić information content (AvgIpc) is 2.79. The molecule has 0 radical (unpaired) electrons. The van der Waals surface area contributed by atoms with Crippen LogP contribution in [0, 0.1) is 22.5 Å². The topological polar surface area (TPSA) is 101 Å². The van der Waals surface area contributed by atoms with Crippen molar-refractivity contribution in [3.63, 3.8) is 0 Å². The highest BCUT2D eigenvalue weighted by atomic mass is 32.2. The highest BCUT2D eigenvalue weighted by Gasteiger charge is 2.23. The maximum Gasteiger partial charge on any atom is 0.269 e. The van der Waals surface area contributed by atoms with E-state index in [0.29, 0.717) is 23.4 Å². The Morgan fingerprint density at radius 3 is 2.20 bits per heavy atom. The highest BCUT2D eigenvalue weighted by molar-refractivity contribution is 8.00. The fraction of sp³-hybridized carbons (Fsp3) is 0.259. The molecular weight excluding hydrogens is 462 g/mol. The van der Waals surface area contributed by atoms with Crippen LogP contribution in [0.3, 0.4) is 0 Å². The number of non-ortho nitro benzene ring substituents is 1. The smallest absolute Gasteiger partial charge is 0.269 e. The van der Waals surface area contributed by atoms with Crippen molar-refractivity contribution in [3.8, 4) is 0 Å². The molecule has 2 N–H and O–H groups in total. The maximum absolute atomic E-state index is 13.3. The number of hydrogen-bond donors (Lipinski definition) is 2. The lowest BCUT2D eigenvalue weighted by Crippen LogP contribution is -2.20. The molecule has 0 fully saturated rings. The molecule has 0 saturated heterocycles. The third kappa shape index (κ3) is 7.68. The SMILES string of the molecule is Cc1cc([N+](=O)[O-])ccc1NC(=O)C(Sc1ccc(NC(=O)CC(C)(C)C)cc1)c1ccccc1. The molecule has 3 aromatic rings. The van der Waals surface area contributed by atoms with Gasteiger partial charge in [-0.2, -0.15) is 0 Å². The zero-order valence-electron chi connectivity index (χ0n) is 20.2. The van der Waals surface area contributed by atoms with Gasteiger partial charge in [-0.05, 0) is 53.8 Å². The van der Waals surface area contributed by atoms with E-state index in [9.17, 15) is 19.7 Å². The predicted octanol–water partition coefficient (Wildman–Crippen LogP) is 6.75. The van der Waals surface area contributed by atoms with E-state index in [1.165, 1.54) is 23.9 Å². The van der Waals surface area contributed by atoms with Gasteiger partial charge in [0.1, 0.15) is 5.25 Å². The van der Waals surface area contributed by atoms with Crippen molar-refractivity contribution in [2.24, 2.45) is 5.41 Å². The normalized spacial score (nSPS) is 12.0. The second-order valence-corrected chi connectivity index (χ2v) is 10.6. The number of hydrogen-bond acceptors (Lipinski definition) is 5. The zero-order valence-corrected chi connectivity index (χ0v) is 21.0. The molecule has 0 saturated carbocycles. The summed E-state index contributed by atoms with van der Waals surface area (Å²) in [4.78, 5) is 36.9. The fourth-order valence-electron chi connectivity index (χ4n) is 3.44. The third-order valence-electron chi connectivity index (χ3n) is 5.10. The molecule has 1 unspecified atom stereocenters. The lowest BCUT2D eigenvalue weighted by molar-refractivity contribution is -0.384. The first-order chi connectivity index (χ1) is 16.5. The molecule has 2 amide bonds. The molecule has 3 aromatic carbocycles. The molecule has 0 spiro atoms. The summed E-state index contributed by atoms with van der Waals surface area (Å²) >= 11 is 1.39. The minimum Gasteiger partial charge on any atom is -0.326 e. The number of carbonyl (C=O) groups is 2. The molecule has 35 heavy (non-hydrogen) atoms. The lowest BCUT2D eigenvalue weighted by atomic mass is 9.92. The number of nitrogens with one attached hydrogen (secondary N) is 2. The number of rotatable bonds is 8. The van der Waals surface area contributed by atoms with Gasteiger partial charge in [-0.15, -0.1) is 11.8 Å². The molecule has 182 valence electrons. The van der Waals surface area contributed by atoms with Crippen molar-refractivity contribution in [1.82, 2.24) is 0 Å². The van der Waals surface area contributed by atoms with Crippen LogP contribution in [0.25, 0.3) is 0 Å². The molecule has 0 bridgehead atoms. The summed E-state index contributed by atoms with van der Waals surface area (Å²) in [5.41, 5.74) is 2.55. The van der Waals surface area contributed by atoms with E-state index in [0.717, 1.165) is 10.5 Å². The Morgan fingerprint density at radius 1 is 0.971 bits per heavy atom. The van der Waals surface area contributed by atoms with Crippen LogP contribution in [0.1, 0.15) is 43.6 Å². The molecule has 1 atom stereocenters. The monoisotopic (exact) mass is 491 g/mol. The Hall–Kier alpha value is -3.65. The van der Waals surface area contributed by atoms with Crippen LogP contribution >= 0.6 is 11.8 Å². The molecular formula is C27H29N3O4S. The van der Waals surface area contributed by atoms with Gasteiger partial charge in [-0.3, -0.25) is 19.7 Å². The molecule has 0 aliphatic rings. The van der Waals surface area contributed by atoms with Gasteiger partial charge in [0.25, 0.3) is 5.69 Å². The van der Waals surface area contributed by atoms with Gasteiger partial charge in [0.2, 0.25) is 11.8 Å². The molecule has 0 heterocycles. The molecule has 8 heteroatoms. The van der Waals surface area contributed by atoms with Gasteiger partial charge >= 0.3 is 0 Å². The molecule has 3 rings (SSSR count). The van der Waals surface area contributed by atoms with Crippen LogP contribution in [0.4, 0.5) is 17.1 Å². The number of nitro benzene ring substituents is 1.